The van der Waals surface area contributed by atoms with Gasteiger partial charge in [0.05, 0.1) is 31.7 Å². The van der Waals surface area contributed by atoms with Crippen LogP contribution in [0.4, 0.5) is 0 Å². The molecule has 1 aliphatic heterocycles. The lowest BCUT2D eigenvalue weighted by Crippen LogP contribution is -2.61. The van der Waals surface area contributed by atoms with Gasteiger partial charge in [0, 0.05) is 62.6 Å². The number of carboxylic acid groups (broad SMARTS) is 1. The normalized spacial score (nSPS) is 23.7. The zero-order chi connectivity index (χ0) is 96.9. The van der Waals surface area contributed by atoms with Crippen LogP contribution in [0.3, 0.4) is 0 Å². The summed E-state index contributed by atoms with van der Waals surface area (Å²) in [7, 11) is 2.48. The Labute approximate surface area is 767 Å². The zero-order valence-corrected chi connectivity index (χ0v) is 76.0. The summed E-state index contributed by atoms with van der Waals surface area (Å²) in [5.74, 6) is -22.3. The molecular weight excluding hydrogens is 1730 g/mol. The van der Waals surface area contributed by atoms with Crippen LogP contribution < -0.4 is 80.6 Å². The number of hydrogen-bond acceptors (Lipinski definition) is 21. The molecule has 39 nitrogen and oxygen atoms in total. The van der Waals surface area contributed by atoms with Crippen molar-refractivity contribution in [3.05, 3.63) is 162 Å². The third kappa shape index (κ3) is 31.5. The van der Waals surface area contributed by atoms with E-state index < -0.39 is 253 Å². The fourth-order valence-electron chi connectivity index (χ4n) is 14.6. The molecule has 1 saturated carbocycles. The van der Waals surface area contributed by atoms with Crippen molar-refractivity contribution in [2.75, 3.05) is 38.8 Å². The lowest BCUT2D eigenvalue weighted by molar-refractivity contribution is -0.147. The van der Waals surface area contributed by atoms with Crippen molar-refractivity contribution < 1.29 is 102 Å². The first-order valence-corrected chi connectivity index (χ1v) is 44.7. The van der Waals surface area contributed by atoms with Crippen molar-refractivity contribution in [2.24, 2.45) is 35.1 Å². The summed E-state index contributed by atoms with van der Waals surface area (Å²) in [6.45, 7) is 10.4. The number of nitrogens with two attached hydrogens (primary N) is 2. The monoisotopic (exact) mass is 1840 g/mol. The number of benzene rings is 5. The van der Waals surface area contributed by atoms with Crippen molar-refractivity contribution in [1.82, 2.24) is 83.9 Å². The molecule has 2 fully saturated rings. The lowest BCUT2D eigenvalue weighted by atomic mass is 9.97. The molecular formula is C92H120N18O21S. The third-order valence-corrected chi connectivity index (χ3v) is 23.4. The Balaban J connectivity index is 1.18. The number of aromatic amines is 1. The number of aromatic hydroxyl groups is 1. The molecule has 6 aromatic rings. The summed E-state index contributed by atoms with van der Waals surface area (Å²) in [6.07, 6.45) is -0.570. The Hall–Kier alpha value is -13.8. The maximum Gasteiger partial charge on any atom is 0.305 e. The van der Waals surface area contributed by atoms with Crippen LogP contribution in [0.1, 0.15) is 116 Å². The number of thioether (sulfide) groups is 1. The number of hydrogen-bond donors (Lipinski definition) is 19. The molecule has 8 rings (SSSR count). The molecule has 17 amide bonds. The van der Waals surface area contributed by atoms with Crippen LogP contribution in [-0.4, -0.2) is 260 Å². The molecule has 132 heavy (non-hydrogen) atoms. The second-order valence-electron chi connectivity index (χ2n) is 34.3. The number of para-hydroxylation sites is 1. The molecule has 1 aromatic heterocycles. The average molecular weight is 1850 g/mol. The Bertz CT molecular complexity index is 5120. The Morgan fingerprint density at radius 2 is 0.924 bits per heavy atom. The van der Waals surface area contributed by atoms with E-state index in [1.54, 1.807) is 113 Å². The Morgan fingerprint density at radius 1 is 0.477 bits per heavy atom. The minimum atomic E-state index is -2.06. The maximum atomic E-state index is 15.4. The van der Waals surface area contributed by atoms with Crippen molar-refractivity contribution in [1.29, 1.82) is 0 Å². The molecule has 1 saturated heterocycles. The summed E-state index contributed by atoms with van der Waals surface area (Å²) in [5.41, 5.74) is 15.1. The van der Waals surface area contributed by atoms with E-state index in [1.807, 2.05) is 30.3 Å². The number of likely N-dealkylation sites (N-methyl/N-ethyl adjacent to an activating group) is 2. The van der Waals surface area contributed by atoms with E-state index in [4.69, 9.17) is 11.5 Å². The first kappa shape index (κ1) is 104. The van der Waals surface area contributed by atoms with Crippen LogP contribution in [0.25, 0.3) is 22.0 Å². The van der Waals surface area contributed by atoms with Crippen molar-refractivity contribution in [2.45, 2.75) is 204 Å². The second-order valence-corrected chi connectivity index (χ2v) is 35.3. The van der Waals surface area contributed by atoms with E-state index in [0.717, 1.165) is 20.9 Å². The smallest absolute Gasteiger partial charge is 0.305 e. The maximum absolute atomic E-state index is 15.4. The fourth-order valence-corrected chi connectivity index (χ4v) is 15.5. The molecule has 1 aliphatic carbocycles. The minimum absolute atomic E-state index is 0.0197. The molecule has 710 valence electrons. The molecule has 2 aliphatic rings. The fraction of sp³-hybridized carbons (Fsp3) is 0.457. The summed E-state index contributed by atoms with van der Waals surface area (Å²) in [5, 5.41) is 65.5. The van der Waals surface area contributed by atoms with Gasteiger partial charge in [0.15, 0.2) is 0 Å². The number of amides is 17. The number of aromatic nitrogens is 1. The van der Waals surface area contributed by atoms with Crippen LogP contribution in [0, 0.1) is 23.7 Å². The summed E-state index contributed by atoms with van der Waals surface area (Å²) in [4.78, 5) is 263. The highest BCUT2D eigenvalue weighted by Gasteiger charge is 2.42. The number of primary amides is 2. The van der Waals surface area contributed by atoms with Crippen LogP contribution in [0.5, 0.6) is 5.75 Å². The summed E-state index contributed by atoms with van der Waals surface area (Å²) in [6, 6.07) is 14.2. The molecule has 5 aromatic carbocycles. The molecule has 0 radical (unpaired) electrons. The van der Waals surface area contributed by atoms with Gasteiger partial charge in [-0.2, -0.15) is 0 Å². The minimum Gasteiger partial charge on any atom is -0.508 e. The van der Waals surface area contributed by atoms with Gasteiger partial charge in [-0.25, -0.2) is 0 Å². The summed E-state index contributed by atoms with van der Waals surface area (Å²) >= 11 is 0.707. The zero-order valence-electron chi connectivity index (χ0n) is 75.2. The van der Waals surface area contributed by atoms with Gasteiger partial charge < -0.3 is 111 Å². The van der Waals surface area contributed by atoms with Gasteiger partial charge in [-0.3, -0.25) is 86.3 Å². The molecule has 21 N–H and O–H groups in total. The van der Waals surface area contributed by atoms with Gasteiger partial charge in [0.25, 0.3) is 0 Å². The summed E-state index contributed by atoms with van der Waals surface area (Å²) < 4.78 is 0. The number of carbonyl (C=O) groups is 18. The topological polar surface area (TPSA) is 599 Å². The third-order valence-electron chi connectivity index (χ3n) is 22.4. The van der Waals surface area contributed by atoms with E-state index in [2.05, 4.69) is 74.1 Å². The molecule has 40 heteroatoms. The number of carbonyl (C=O) groups excluding carboxylic acids is 17. The number of phenolic OH excluding ortho intramolecular Hbond substituents is 1. The molecule has 2 heterocycles. The first-order chi connectivity index (χ1) is 62.6. The number of phenols is 1. The molecule has 0 unspecified atom stereocenters. The van der Waals surface area contributed by atoms with E-state index in [0.29, 0.717) is 57.8 Å². The van der Waals surface area contributed by atoms with Gasteiger partial charge in [-0.15, -0.1) is 11.8 Å². The van der Waals surface area contributed by atoms with E-state index >= 15 is 28.8 Å². The van der Waals surface area contributed by atoms with Crippen molar-refractivity contribution in [3.8, 4) is 16.9 Å². The standard InChI is InChI=1S/C92H120N18O21S/c1-48(2)35-63-80(119)101-67(38-55-27-31-58(32-28-55)57-21-15-12-16-22-57)87(126)108-78(50(5)6)92(131)110(10)52(8)91(130)109(9)44-74(114)97-69(41-73(93)113)84(123)102-66(37-54-25-26-54)86(125)107-77(49(3)4)90(129)105-71(45-111)88(127)106-72(89(128)96-51(7)79(94)118)46-132-47-75(115)98-64(36-53-19-13-11-14-20-53)81(120)100-65(39-56-29-33-60(112)34-30-56)82(121)104-70(42-76(116)117)85(124)103-68(83(122)99-63)40-59-43-95-62-24-18-17-23-61(59)62/h11-24,27-34,43,48-52,54,63-72,77-78,95,111-112H,25-26,35-42,44-47H2,1-10H3,(H2,93,113)(H2,94,118)(H,96,128)(H,97,114)(H,98,115)(H,99,122)(H,100,120)(H,101,119)(H,102,123)(H,103,124)(H,104,121)(H,105,129)(H,106,127)(H,107,125)(H,108,126)(H,116,117)/t51-,52-,63-,64-,65-,66-,67-,68-,69-,70-,71-,72-,77-,78-/m0/s1. The number of carboxylic acids is 1. The van der Waals surface area contributed by atoms with E-state index in [1.165, 1.54) is 66.1 Å². The largest absolute Gasteiger partial charge is 0.508 e. The Kier molecular flexibility index (Phi) is 38.7. The molecule has 0 spiro atoms. The van der Waals surface area contributed by atoms with Crippen LogP contribution >= 0.6 is 11.8 Å². The van der Waals surface area contributed by atoms with Crippen molar-refractivity contribution in [3.63, 3.8) is 0 Å². The van der Waals surface area contributed by atoms with Crippen LogP contribution in [-0.2, 0) is 112 Å². The average Bonchev–Trinajstić information content (AvgIpc) is 1.68. The van der Waals surface area contributed by atoms with Crippen LogP contribution in [0.2, 0.25) is 0 Å². The number of aliphatic hydroxyl groups excluding tert-OH is 1. The number of aliphatic carboxylic acids is 1. The van der Waals surface area contributed by atoms with Gasteiger partial charge in [-0.05, 0) is 102 Å². The van der Waals surface area contributed by atoms with E-state index in [9.17, 15) is 72.9 Å². The SMILES string of the molecule is CC(C)C[C@@H]1NC(=O)[C@H](Cc2c[nH]c3ccccc23)NC(=O)[C@H](CC(=O)O)NC(=O)[C@H](Cc2ccc(O)cc2)NC(=O)[C@H](Cc2ccccc2)NC(=O)CSC[C@@H](C(=O)N[C@@H](C)C(N)=O)NC(=O)[C@H](CO)NC(=O)[C@H](C(C)C)NC(=O)[C@H](CC2CC2)NC(=O)[C@H](CC(N)=O)NC(=O)CN(C)C(=O)[C@H](C)N(C)C(=O)[C@H](C(C)C)NC(=O)[C@H](Cc2ccc(-c3ccccc3)cc2)NC1=O. The lowest BCUT2D eigenvalue weighted by Gasteiger charge is -2.33. The number of aliphatic hydroxyl groups is 1. The predicted molar refractivity (Wildman–Crippen MR) is 486 cm³/mol. The van der Waals surface area contributed by atoms with Gasteiger partial charge in [-0.1, -0.05) is 170 Å². The molecule has 0 bridgehead atoms. The number of rotatable bonds is 23. The number of fused-ring (bicyclic) bond motifs is 1. The predicted octanol–water partition coefficient (Wildman–Crippen LogP) is -0.829. The first-order valence-electron chi connectivity index (χ1n) is 43.5. The second kappa shape index (κ2) is 49.3. The van der Waals surface area contributed by atoms with E-state index in [-0.39, 0.29) is 43.8 Å². The quantitative estimate of drug-likeness (QED) is 0.0372. The van der Waals surface area contributed by atoms with Gasteiger partial charge >= 0.3 is 5.97 Å². The van der Waals surface area contributed by atoms with Gasteiger partial charge in [0.2, 0.25) is 100 Å². The highest BCUT2D eigenvalue weighted by molar-refractivity contribution is 8.00. The number of nitrogens with zero attached hydrogens (tertiary/aromatic N) is 2. The Morgan fingerprint density at radius 3 is 1.47 bits per heavy atom. The highest BCUT2D eigenvalue weighted by Crippen LogP contribution is 2.34. The molecule has 14 atom stereocenters. The van der Waals surface area contributed by atoms with Gasteiger partial charge in [0.1, 0.15) is 90.3 Å². The van der Waals surface area contributed by atoms with Crippen LogP contribution in [0.15, 0.2) is 140 Å². The number of nitrogens with one attached hydrogen (secondary N) is 14. The highest BCUT2D eigenvalue weighted by atomic mass is 32.2. The number of H-pyrrole nitrogens is 1. The van der Waals surface area contributed by atoms with Crippen molar-refractivity contribution >= 4 is 129 Å².